The van der Waals surface area contributed by atoms with E-state index in [1.165, 1.54) is 50.3 Å². The van der Waals surface area contributed by atoms with Crippen LogP contribution < -0.4 is 0 Å². The number of fused-ring (bicyclic) bond motifs is 1. The third kappa shape index (κ3) is 3.02. The zero-order chi connectivity index (χ0) is 14.1. The molecule has 116 valence electrons. The van der Waals surface area contributed by atoms with E-state index in [4.69, 9.17) is 4.74 Å². The highest BCUT2D eigenvalue weighted by atomic mass is 32.1. The van der Waals surface area contributed by atoms with E-state index in [9.17, 15) is 0 Å². The molecule has 21 heavy (non-hydrogen) atoms. The lowest BCUT2D eigenvalue weighted by Gasteiger charge is -2.48. The number of thiazole rings is 1. The Morgan fingerprint density at radius 3 is 2.95 bits per heavy atom. The molecule has 0 saturated carbocycles. The van der Waals surface area contributed by atoms with Gasteiger partial charge in [-0.05, 0) is 44.7 Å². The summed E-state index contributed by atoms with van der Waals surface area (Å²) in [7, 11) is 0. The van der Waals surface area contributed by atoms with Crippen LogP contribution in [0.3, 0.4) is 0 Å². The molecule has 0 radical (unpaired) electrons. The first-order chi connectivity index (χ1) is 10.4. The number of likely N-dealkylation sites (tertiary alicyclic amines) is 2. The van der Waals surface area contributed by atoms with Gasteiger partial charge < -0.3 is 4.74 Å². The molecule has 0 unspecified atom stereocenters. The average Bonchev–Trinajstić information content (AvgIpc) is 3.20. The van der Waals surface area contributed by atoms with Gasteiger partial charge in [0, 0.05) is 37.3 Å². The number of nitrogens with zero attached hydrogens (tertiary/aromatic N) is 3. The van der Waals surface area contributed by atoms with Crippen molar-refractivity contribution in [1.29, 1.82) is 0 Å². The van der Waals surface area contributed by atoms with E-state index in [-0.39, 0.29) is 0 Å². The summed E-state index contributed by atoms with van der Waals surface area (Å²) in [5.74, 6) is 0.720. The summed E-state index contributed by atoms with van der Waals surface area (Å²) >= 11 is 1.78. The molecule has 0 spiro atoms. The monoisotopic (exact) mass is 307 g/mol. The summed E-state index contributed by atoms with van der Waals surface area (Å²) in [5, 5.41) is 3.34. The summed E-state index contributed by atoms with van der Waals surface area (Å²) in [6.45, 7) is 6.86. The molecule has 1 aromatic rings. The van der Waals surface area contributed by atoms with Gasteiger partial charge in [0.15, 0.2) is 0 Å². The quantitative estimate of drug-likeness (QED) is 0.856. The van der Waals surface area contributed by atoms with Crippen LogP contribution in [0.5, 0.6) is 0 Å². The summed E-state index contributed by atoms with van der Waals surface area (Å²) in [4.78, 5) is 9.78. The number of aromatic nitrogens is 1. The largest absolute Gasteiger partial charge is 0.376 e. The lowest BCUT2D eigenvalue weighted by Crippen LogP contribution is -2.60. The highest BCUT2D eigenvalue weighted by molar-refractivity contribution is 7.09. The van der Waals surface area contributed by atoms with Crippen LogP contribution in [0, 0.1) is 5.92 Å². The minimum absolute atomic E-state index is 0.476. The van der Waals surface area contributed by atoms with Crippen LogP contribution in [0.25, 0.3) is 0 Å². The zero-order valence-electron chi connectivity index (χ0n) is 12.6. The molecule has 3 fully saturated rings. The molecule has 4 heterocycles. The Morgan fingerprint density at radius 1 is 1.24 bits per heavy atom. The van der Waals surface area contributed by atoms with Crippen LogP contribution in [0.15, 0.2) is 11.6 Å². The van der Waals surface area contributed by atoms with E-state index in [0.29, 0.717) is 12.1 Å². The van der Waals surface area contributed by atoms with Crippen molar-refractivity contribution in [1.82, 2.24) is 14.8 Å². The minimum atomic E-state index is 0.476. The number of piperidine rings is 1. The van der Waals surface area contributed by atoms with Crippen molar-refractivity contribution in [2.24, 2.45) is 5.92 Å². The van der Waals surface area contributed by atoms with Gasteiger partial charge in [-0.1, -0.05) is 0 Å². The molecule has 0 bridgehead atoms. The molecule has 4 nitrogen and oxygen atoms in total. The standard InChI is InChI=1S/C16H25N3OS/c1-2-7-19(6-1)14-11-18(12-15-17-5-9-21-15)10-13-4-3-8-20-16(13)14/h5,9,13-14,16H,1-4,6-8,10-12H2/t13-,14+,16-/m1/s1. The fourth-order valence-corrected chi connectivity index (χ4v) is 4.97. The molecule has 0 N–H and O–H groups in total. The fraction of sp³-hybridized carbons (Fsp3) is 0.812. The van der Waals surface area contributed by atoms with E-state index in [1.54, 1.807) is 11.3 Å². The molecule has 0 aromatic carbocycles. The first-order valence-corrected chi connectivity index (χ1v) is 9.24. The van der Waals surface area contributed by atoms with Crippen LogP contribution in [-0.4, -0.2) is 59.7 Å². The van der Waals surface area contributed by atoms with Crippen molar-refractivity contribution in [2.45, 2.75) is 44.4 Å². The average molecular weight is 307 g/mol. The SMILES string of the molecule is c1csc(CN2C[C@H]3CCCO[C@H]3[C@@H](N3CCCC3)C2)n1. The van der Waals surface area contributed by atoms with Crippen molar-refractivity contribution in [3.8, 4) is 0 Å². The summed E-state index contributed by atoms with van der Waals surface area (Å²) in [5.41, 5.74) is 0. The van der Waals surface area contributed by atoms with Crippen LogP contribution in [-0.2, 0) is 11.3 Å². The molecule has 4 rings (SSSR count). The third-order valence-corrected chi connectivity index (χ3v) is 6.03. The summed E-state index contributed by atoms with van der Waals surface area (Å²) in [6, 6.07) is 0.603. The second kappa shape index (κ2) is 6.32. The Hall–Kier alpha value is -0.490. The van der Waals surface area contributed by atoms with Gasteiger partial charge >= 0.3 is 0 Å². The van der Waals surface area contributed by atoms with Crippen LogP contribution in [0.4, 0.5) is 0 Å². The van der Waals surface area contributed by atoms with E-state index in [2.05, 4.69) is 20.2 Å². The molecule has 0 amide bonds. The van der Waals surface area contributed by atoms with Gasteiger partial charge in [0.1, 0.15) is 5.01 Å². The fourth-order valence-electron chi connectivity index (χ4n) is 4.31. The van der Waals surface area contributed by atoms with Gasteiger partial charge in [0.25, 0.3) is 0 Å². The van der Waals surface area contributed by atoms with Crippen LogP contribution >= 0.6 is 11.3 Å². The molecule has 3 saturated heterocycles. The summed E-state index contributed by atoms with van der Waals surface area (Å²) < 4.78 is 6.21. The van der Waals surface area contributed by atoms with Crippen LogP contribution in [0.1, 0.15) is 30.7 Å². The molecule has 3 atom stereocenters. The van der Waals surface area contributed by atoms with Gasteiger partial charge in [-0.2, -0.15) is 0 Å². The van der Waals surface area contributed by atoms with Crippen molar-refractivity contribution < 1.29 is 4.74 Å². The Morgan fingerprint density at radius 2 is 2.14 bits per heavy atom. The van der Waals surface area contributed by atoms with Crippen molar-refractivity contribution >= 4 is 11.3 Å². The van der Waals surface area contributed by atoms with Crippen molar-refractivity contribution in [3.63, 3.8) is 0 Å². The van der Waals surface area contributed by atoms with Crippen molar-refractivity contribution in [3.05, 3.63) is 16.6 Å². The van der Waals surface area contributed by atoms with E-state index < -0.39 is 0 Å². The van der Waals surface area contributed by atoms with E-state index >= 15 is 0 Å². The predicted molar refractivity (Wildman–Crippen MR) is 84.5 cm³/mol. The smallest absolute Gasteiger partial charge is 0.107 e. The number of rotatable bonds is 3. The highest BCUT2D eigenvalue weighted by Gasteiger charge is 2.42. The highest BCUT2D eigenvalue weighted by Crippen LogP contribution is 2.33. The molecule has 0 aliphatic carbocycles. The Labute approximate surface area is 131 Å². The second-order valence-corrected chi connectivity index (χ2v) is 7.65. The maximum atomic E-state index is 6.21. The number of ether oxygens (including phenoxy) is 1. The van der Waals surface area contributed by atoms with Gasteiger partial charge in [0.05, 0.1) is 12.6 Å². The zero-order valence-corrected chi connectivity index (χ0v) is 13.4. The Kier molecular flexibility index (Phi) is 4.25. The van der Waals surface area contributed by atoms with Gasteiger partial charge in [0.2, 0.25) is 0 Å². The van der Waals surface area contributed by atoms with E-state index in [0.717, 1.165) is 25.6 Å². The van der Waals surface area contributed by atoms with E-state index in [1.807, 2.05) is 6.20 Å². The van der Waals surface area contributed by atoms with Gasteiger partial charge in [-0.15, -0.1) is 11.3 Å². The Bertz CT molecular complexity index is 446. The minimum Gasteiger partial charge on any atom is -0.376 e. The predicted octanol–water partition coefficient (Wildman–Crippen LogP) is 2.22. The molecule has 3 aliphatic heterocycles. The topological polar surface area (TPSA) is 28.6 Å². The lowest BCUT2D eigenvalue weighted by molar-refractivity contribution is -0.112. The summed E-state index contributed by atoms with van der Waals surface area (Å²) in [6.07, 6.45) is 7.70. The molecule has 3 aliphatic rings. The number of hydrogen-bond acceptors (Lipinski definition) is 5. The first kappa shape index (κ1) is 14.1. The molecule has 1 aromatic heterocycles. The molecular weight excluding hydrogens is 282 g/mol. The number of hydrogen-bond donors (Lipinski definition) is 0. The first-order valence-electron chi connectivity index (χ1n) is 8.36. The molecular formula is C16H25N3OS. The maximum absolute atomic E-state index is 6.21. The van der Waals surface area contributed by atoms with Crippen LogP contribution in [0.2, 0.25) is 0 Å². The van der Waals surface area contributed by atoms with Gasteiger partial charge in [-0.25, -0.2) is 4.98 Å². The maximum Gasteiger partial charge on any atom is 0.107 e. The normalized spacial score (nSPS) is 35.0. The molecule has 5 heteroatoms. The Balaban J connectivity index is 1.49. The van der Waals surface area contributed by atoms with Gasteiger partial charge in [-0.3, -0.25) is 9.80 Å². The lowest BCUT2D eigenvalue weighted by atomic mass is 9.85. The third-order valence-electron chi connectivity index (χ3n) is 5.26. The van der Waals surface area contributed by atoms with Crippen molar-refractivity contribution in [2.75, 3.05) is 32.8 Å². The second-order valence-electron chi connectivity index (χ2n) is 6.67.